The van der Waals surface area contributed by atoms with Gasteiger partial charge in [0.2, 0.25) is 5.91 Å². The predicted molar refractivity (Wildman–Crippen MR) is 98.2 cm³/mol. The van der Waals surface area contributed by atoms with Gasteiger partial charge in [-0.2, -0.15) is 0 Å². The van der Waals surface area contributed by atoms with Crippen LogP contribution in [0.1, 0.15) is 11.4 Å². The lowest BCUT2D eigenvalue weighted by Crippen LogP contribution is -2.47. The molecule has 3 heterocycles. The third-order valence-electron chi connectivity index (χ3n) is 5.74. The van der Waals surface area contributed by atoms with Crippen LogP contribution in [-0.2, 0) is 24.8 Å². The van der Waals surface area contributed by atoms with E-state index in [1.54, 1.807) is 6.33 Å². The molecular weight excluding hydrogens is 328 g/mol. The van der Waals surface area contributed by atoms with E-state index >= 15 is 0 Å². The van der Waals surface area contributed by atoms with Crippen LogP contribution in [0.15, 0.2) is 36.7 Å². The number of hydrogen-bond acceptors (Lipinski definition) is 5. The fraction of sp³-hybridized carbons (Fsp3) is 0.526. The van der Waals surface area contributed by atoms with Gasteiger partial charge in [0.25, 0.3) is 0 Å². The van der Waals surface area contributed by atoms with Gasteiger partial charge in [0.05, 0.1) is 5.41 Å². The molecule has 2 aromatic rings. The smallest absolute Gasteiger partial charge is 0.229 e. The molecule has 7 nitrogen and oxygen atoms in total. The molecule has 0 radical (unpaired) electrons. The van der Waals surface area contributed by atoms with Gasteiger partial charge in [-0.05, 0) is 5.56 Å². The van der Waals surface area contributed by atoms with E-state index in [2.05, 4.69) is 50.0 Å². The molecule has 4 rings (SSSR count). The van der Waals surface area contributed by atoms with Gasteiger partial charge in [-0.1, -0.05) is 30.3 Å². The normalized spacial score (nSPS) is 25.3. The van der Waals surface area contributed by atoms with Gasteiger partial charge in [0, 0.05) is 58.7 Å². The van der Waals surface area contributed by atoms with Gasteiger partial charge in [-0.3, -0.25) is 9.69 Å². The Morgan fingerprint density at radius 2 is 2.23 bits per heavy atom. The number of nitrogens with one attached hydrogen (secondary N) is 2. The predicted octanol–water partition coefficient (Wildman–Crippen LogP) is 0.195. The number of carbonyl (C=O) groups is 1. The molecule has 1 aromatic carbocycles. The number of rotatable bonds is 6. The van der Waals surface area contributed by atoms with E-state index in [4.69, 9.17) is 0 Å². The summed E-state index contributed by atoms with van der Waals surface area (Å²) in [5, 5.41) is 14.5. The van der Waals surface area contributed by atoms with E-state index in [9.17, 15) is 4.79 Å². The molecule has 1 amide bonds. The van der Waals surface area contributed by atoms with E-state index in [1.807, 2.05) is 17.7 Å². The number of carbonyl (C=O) groups excluding carboxylic acids is 1. The van der Waals surface area contributed by atoms with Gasteiger partial charge < -0.3 is 15.2 Å². The lowest BCUT2D eigenvalue weighted by molar-refractivity contribution is -0.130. The Kier molecular flexibility index (Phi) is 4.74. The average molecular weight is 354 g/mol. The minimum Gasteiger partial charge on any atom is -0.355 e. The van der Waals surface area contributed by atoms with Crippen LogP contribution in [0.25, 0.3) is 0 Å². The number of nitrogens with zero attached hydrogens (tertiary/aromatic N) is 4. The quantitative estimate of drug-likeness (QED) is 0.775. The second-order valence-electron chi connectivity index (χ2n) is 7.50. The zero-order chi connectivity index (χ0) is 18.0. The maximum absolute atomic E-state index is 13.0. The van der Waals surface area contributed by atoms with Crippen LogP contribution >= 0.6 is 0 Å². The highest BCUT2D eigenvalue weighted by molar-refractivity contribution is 5.84. The van der Waals surface area contributed by atoms with Gasteiger partial charge in [-0.15, -0.1) is 10.2 Å². The number of benzene rings is 1. The summed E-state index contributed by atoms with van der Waals surface area (Å²) in [5.74, 6) is 1.44. The molecule has 26 heavy (non-hydrogen) atoms. The Hall–Kier alpha value is -2.25. The fourth-order valence-corrected chi connectivity index (χ4v) is 4.31. The Balaban J connectivity index is 1.37. The van der Waals surface area contributed by atoms with Gasteiger partial charge in [-0.25, -0.2) is 0 Å². The van der Waals surface area contributed by atoms with Gasteiger partial charge in [0.15, 0.2) is 0 Å². The second kappa shape index (κ2) is 7.17. The zero-order valence-corrected chi connectivity index (χ0v) is 15.2. The van der Waals surface area contributed by atoms with Gasteiger partial charge >= 0.3 is 0 Å². The van der Waals surface area contributed by atoms with E-state index in [-0.39, 0.29) is 11.3 Å². The van der Waals surface area contributed by atoms with Crippen LogP contribution in [0.3, 0.4) is 0 Å². The minimum absolute atomic E-state index is 0.172. The van der Waals surface area contributed by atoms with Gasteiger partial charge in [0.1, 0.15) is 12.2 Å². The van der Waals surface area contributed by atoms with Crippen molar-refractivity contribution < 1.29 is 4.79 Å². The number of likely N-dealkylation sites (tertiary alicyclic amines) is 1. The minimum atomic E-state index is -0.311. The van der Waals surface area contributed by atoms with Crippen molar-refractivity contribution in [2.75, 3.05) is 32.7 Å². The van der Waals surface area contributed by atoms with Crippen molar-refractivity contribution >= 4 is 5.91 Å². The standard InChI is InChI=1S/C19H26N6O/c1-24-14-22-23-17(24)7-8-21-18(26)19-12-20-9-16(19)11-25(13-19)10-15-5-3-2-4-6-15/h2-6,14,16,20H,7-13H2,1H3,(H,21,26)/t16-,19-/m1/s1. The summed E-state index contributed by atoms with van der Waals surface area (Å²) < 4.78 is 1.89. The molecule has 2 aliphatic rings. The maximum atomic E-state index is 13.0. The maximum Gasteiger partial charge on any atom is 0.229 e. The van der Waals surface area contributed by atoms with Crippen molar-refractivity contribution in [2.45, 2.75) is 13.0 Å². The molecule has 0 bridgehead atoms. The summed E-state index contributed by atoms with van der Waals surface area (Å²) in [5.41, 5.74) is 0.993. The monoisotopic (exact) mass is 354 g/mol. The first-order valence-electron chi connectivity index (χ1n) is 9.25. The SMILES string of the molecule is Cn1cnnc1CCNC(=O)[C@@]12CNC[C@@H]1CN(Cc1ccccc1)C2. The molecule has 0 spiro atoms. The van der Waals surface area contributed by atoms with Crippen molar-refractivity contribution in [1.29, 1.82) is 0 Å². The number of fused-ring (bicyclic) bond motifs is 1. The largest absolute Gasteiger partial charge is 0.355 e. The summed E-state index contributed by atoms with van der Waals surface area (Å²) in [6.07, 6.45) is 2.38. The Morgan fingerprint density at radius 3 is 3.00 bits per heavy atom. The molecule has 2 saturated heterocycles. The number of amides is 1. The molecule has 0 unspecified atom stereocenters. The van der Waals surface area contributed by atoms with Crippen LogP contribution in [0, 0.1) is 11.3 Å². The number of aromatic nitrogens is 3. The van der Waals surface area contributed by atoms with Crippen LogP contribution < -0.4 is 10.6 Å². The number of hydrogen-bond donors (Lipinski definition) is 2. The van der Waals surface area contributed by atoms with Crippen LogP contribution in [0.5, 0.6) is 0 Å². The third kappa shape index (κ3) is 3.24. The van der Waals surface area contributed by atoms with E-state index in [1.165, 1.54) is 5.56 Å². The highest BCUT2D eigenvalue weighted by Gasteiger charge is 2.54. The lowest BCUT2D eigenvalue weighted by atomic mass is 9.80. The van der Waals surface area contributed by atoms with Crippen molar-refractivity contribution in [2.24, 2.45) is 18.4 Å². The van der Waals surface area contributed by atoms with Crippen molar-refractivity contribution in [3.05, 3.63) is 48.0 Å². The molecule has 2 atom stereocenters. The van der Waals surface area contributed by atoms with Crippen LogP contribution in [0.4, 0.5) is 0 Å². The summed E-state index contributed by atoms with van der Waals surface area (Å²) in [4.78, 5) is 15.5. The molecule has 7 heteroatoms. The molecule has 138 valence electrons. The van der Waals surface area contributed by atoms with Crippen LogP contribution in [0.2, 0.25) is 0 Å². The fourth-order valence-electron chi connectivity index (χ4n) is 4.31. The molecule has 1 aromatic heterocycles. The average Bonchev–Trinajstić information content (AvgIpc) is 3.31. The van der Waals surface area contributed by atoms with E-state index < -0.39 is 0 Å². The van der Waals surface area contributed by atoms with Crippen molar-refractivity contribution in [1.82, 2.24) is 30.3 Å². The topological polar surface area (TPSA) is 75.1 Å². The molecule has 2 N–H and O–H groups in total. The second-order valence-corrected chi connectivity index (χ2v) is 7.50. The highest BCUT2D eigenvalue weighted by Crippen LogP contribution is 2.39. The summed E-state index contributed by atoms with van der Waals surface area (Å²) in [6, 6.07) is 10.5. The Bertz CT molecular complexity index is 760. The van der Waals surface area contributed by atoms with Crippen LogP contribution in [-0.4, -0.2) is 58.3 Å². The zero-order valence-electron chi connectivity index (χ0n) is 15.2. The Morgan fingerprint density at radius 1 is 1.38 bits per heavy atom. The third-order valence-corrected chi connectivity index (χ3v) is 5.74. The highest BCUT2D eigenvalue weighted by atomic mass is 16.2. The molecular formula is C19H26N6O. The molecule has 0 saturated carbocycles. The lowest BCUT2D eigenvalue weighted by Gasteiger charge is -2.27. The Labute approximate surface area is 153 Å². The molecule has 2 aliphatic heterocycles. The van der Waals surface area contributed by atoms with Crippen molar-refractivity contribution in [3.8, 4) is 0 Å². The summed E-state index contributed by atoms with van der Waals surface area (Å²) in [6.45, 7) is 4.97. The van der Waals surface area contributed by atoms with E-state index in [0.717, 1.165) is 38.5 Å². The summed E-state index contributed by atoms with van der Waals surface area (Å²) in [7, 11) is 1.92. The first-order chi connectivity index (χ1) is 12.7. The van der Waals surface area contributed by atoms with Crippen molar-refractivity contribution in [3.63, 3.8) is 0 Å². The number of aryl methyl sites for hydroxylation is 1. The first-order valence-corrected chi connectivity index (χ1v) is 9.25. The molecule has 2 fully saturated rings. The first kappa shape index (κ1) is 17.2. The van der Waals surface area contributed by atoms with E-state index in [0.29, 0.717) is 18.9 Å². The summed E-state index contributed by atoms with van der Waals surface area (Å²) >= 11 is 0. The molecule has 0 aliphatic carbocycles.